The van der Waals surface area contributed by atoms with Gasteiger partial charge in [-0.3, -0.25) is 9.69 Å². The van der Waals surface area contributed by atoms with E-state index >= 15 is 0 Å². The molecule has 2 heterocycles. The standard InChI is InChI=1S/C17H19F2N3O2/c1-10-7-16(23)21-17(20-10)11(2)22-5-6-24-15(9-22)13-4-3-12(18)8-14(13)19/h3-4,7-8,11,15H,5-6,9H2,1-2H3,(H,20,21,23). The van der Waals surface area contributed by atoms with Crippen LogP contribution in [-0.4, -0.2) is 34.6 Å². The molecule has 0 radical (unpaired) electrons. The van der Waals surface area contributed by atoms with Crippen LogP contribution in [-0.2, 0) is 4.74 Å². The van der Waals surface area contributed by atoms with Crippen molar-refractivity contribution in [3.8, 4) is 0 Å². The Morgan fingerprint density at radius 1 is 1.38 bits per heavy atom. The molecular weight excluding hydrogens is 316 g/mol. The van der Waals surface area contributed by atoms with Crippen LogP contribution in [0.4, 0.5) is 8.78 Å². The van der Waals surface area contributed by atoms with Gasteiger partial charge in [0.2, 0.25) is 0 Å². The summed E-state index contributed by atoms with van der Waals surface area (Å²) in [6.45, 7) is 5.18. The summed E-state index contributed by atoms with van der Waals surface area (Å²) >= 11 is 0. The second-order valence-electron chi connectivity index (χ2n) is 5.97. The summed E-state index contributed by atoms with van der Waals surface area (Å²) < 4.78 is 32.7. The van der Waals surface area contributed by atoms with Crippen molar-refractivity contribution in [2.24, 2.45) is 0 Å². The van der Waals surface area contributed by atoms with Crippen molar-refractivity contribution in [1.82, 2.24) is 14.9 Å². The Hall–Kier alpha value is -2.12. The summed E-state index contributed by atoms with van der Waals surface area (Å²) in [5, 5.41) is 0. The Bertz CT molecular complexity index is 794. The smallest absolute Gasteiger partial charge is 0.251 e. The van der Waals surface area contributed by atoms with Gasteiger partial charge < -0.3 is 9.72 Å². The summed E-state index contributed by atoms with van der Waals surface area (Å²) in [5.74, 6) is -0.657. The molecule has 128 valence electrons. The average molecular weight is 335 g/mol. The van der Waals surface area contributed by atoms with E-state index in [1.54, 1.807) is 6.92 Å². The molecule has 0 saturated carbocycles. The number of hydrogen-bond donors (Lipinski definition) is 1. The fourth-order valence-electron chi connectivity index (χ4n) is 2.94. The monoisotopic (exact) mass is 335 g/mol. The van der Waals surface area contributed by atoms with Gasteiger partial charge in [0.25, 0.3) is 5.56 Å². The normalized spacial score (nSPS) is 20.1. The lowest BCUT2D eigenvalue weighted by atomic mass is 10.1. The highest BCUT2D eigenvalue weighted by Gasteiger charge is 2.28. The quantitative estimate of drug-likeness (QED) is 0.936. The van der Waals surface area contributed by atoms with Crippen molar-refractivity contribution in [3.63, 3.8) is 0 Å². The van der Waals surface area contributed by atoms with E-state index in [1.165, 1.54) is 18.2 Å². The number of benzene rings is 1. The van der Waals surface area contributed by atoms with Crippen molar-refractivity contribution < 1.29 is 13.5 Å². The van der Waals surface area contributed by atoms with Gasteiger partial charge in [-0.25, -0.2) is 13.8 Å². The Morgan fingerprint density at radius 2 is 2.17 bits per heavy atom. The zero-order chi connectivity index (χ0) is 17.3. The van der Waals surface area contributed by atoms with Crippen LogP contribution in [0.5, 0.6) is 0 Å². The van der Waals surface area contributed by atoms with Crippen LogP contribution < -0.4 is 5.56 Å². The fraction of sp³-hybridized carbons (Fsp3) is 0.412. The lowest BCUT2D eigenvalue weighted by molar-refractivity contribution is -0.0457. The fourth-order valence-corrected chi connectivity index (χ4v) is 2.94. The maximum Gasteiger partial charge on any atom is 0.251 e. The van der Waals surface area contributed by atoms with Crippen LogP contribution in [0.2, 0.25) is 0 Å². The van der Waals surface area contributed by atoms with E-state index in [-0.39, 0.29) is 11.6 Å². The molecule has 1 aromatic heterocycles. The van der Waals surface area contributed by atoms with Gasteiger partial charge >= 0.3 is 0 Å². The minimum absolute atomic E-state index is 0.146. The van der Waals surface area contributed by atoms with Crippen LogP contribution in [0, 0.1) is 18.6 Å². The molecule has 0 aliphatic carbocycles. The molecule has 1 aliphatic heterocycles. The molecule has 24 heavy (non-hydrogen) atoms. The molecule has 2 atom stereocenters. The number of aromatic amines is 1. The summed E-state index contributed by atoms with van der Waals surface area (Å²) in [7, 11) is 0. The van der Waals surface area contributed by atoms with Crippen LogP contribution in [0.1, 0.15) is 36.2 Å². The third-order valence-electron chi connectivity index (χ3n) is 4.24. The van der Waals surface area contributed by atoms with Gasteiger partial charge in [-0.1, -0.05) is 6.07 Å². The Labute approximate surface area is 138 Å². The maximum atomic E-state index is 14.0. The Kier molecular flexibility index (Phi) is 4.73. The van der Waals surface area contributed by atoms with E-state index in [1.807, 2.05) is 6.92 Å². The lowest BCUT2D eigenvalue weighted by Gasteiger charge is -2.36. The predicted molar refractivity (Wildman–Crippen MR) is 84.6 cm³/mol. The molecule has 1 aromatic carbocycles. The number of aromatic nitrogens is 2. The van der Waals surface area contributed by atoms with E-state index < -0.39 is 17.7 Å². The second kappa shape index (κ2) is 6.78. The first-order chi connectivity index (χ1) is 11.4. The number of halogens is 2. The highest BCUT2D eigenvalue weighted by atomic mass is 19.1. The number of morpholine rings is 1. The largest absolute Gasteiger partial charge is 0.371 e. The highest BCUT2D eigenvalue weighted by molar-refractivity contribution is 5.22. The van der Waals surface area contributed by atoms with Crippen molar-refractivity contribution >= 4 is 0 Å². The molecular formula is C17H19F2N3O2. The molecule has 2 unspecified atom stereocenters. The number of aryl methyl sites for hydroxylation is 1. The van der Waals surface area contributed by atoms with Crippen LogP contribution in [0.25, 0.3) is 0 Å². The highest BCUT2D eigenvalue weighted by Crippen LogP contribution is 2.29. The minimum Gasteiger partial charge on any atom is -0.371 e. The number of ether oxygens (including phenoxy) is 1. The van der Waals surface area contributed by atoms with Crippen LogP contribution >= 0.6 is 0 Å². The van der Waals surface area contributed by atoms with Crippen molar-refractivity contribution in [1.29, 1.82) is 0 Å². The Morgan fingerprint density at radius 3 is 2.88 bits per heavy atom. The van der Waals surface area contributed by atoms with E-state index in [0.29, 0.717) is 36.8 Å². The molecule has 1 fully saturated rings. The lowest BCUT2D eigenvalue weighted by Crippen LogP contribution is -2.41. The molecule has 1 N–H and O–H groups in total. The predicted octanol–water partition coefficient (Wildman–Crippen LogP) is 2.49. The molecule has 0 amide bonds. The molecule has 0 bridgehead atoms. The molecule has 2 aromatic rings. The number of hydrogen-bond acceptors (Lipinski definition) is 4. The molecule has 3 rings (SSSR count). The summed E-state index contributed by atoms with van der Waals surface area (Å²) in [6, 6.07) is 4.79. The van der Waals surface area contributed by atoms with Gasteiger partial charge in [0.1, 0.15) is 17.5 Å². The third kappa shape index (κ3) is 3.52. The second-order valence-corrected chi connectivity index (χ2v) is 5.97. The van der Waals surface area contributed by atoms with E-state index in [9.17, 15) is 13.6 Å². The number of nitrogens with one attached hydrogen (secondary N) is 1. The number of rotatable bonds is 3. The van der Waals surface area contributed by atoms with Crippen LogP contribution in [0.3, 0.4) is 0 Å². The SMILES string of the molecule is Cc1cc(=O)[nH]c(C(C)N2CCOC(c3ccc(F)cc3F)C2)n1. The van der Waals surface area contributed by atoms with Crippen molar-refractivity contribution in [3.05, 3.63) is 63.3 Å². The third-order valence-corrected chi connectivity index (χ3v) is 4.24. The first-order valence-corrected chi connectivity index (χ1v) is 7.82. The molecule has 7 heteroatoms. The van der Waals surface area contributed by atoms with E-state index in [4.69, 9.17) is 4.74 Å². The van der Waals surface area contributed by atoms with Gasteiger partial charge in [-0.15, -0.1) is 0 Å². The molecule has 5 nitrogen and oxygen atoms in total. The summed E-state index contributed by atoms with van der Waals surface area (Å²) in [6.07, 6.45) is -0.488. The summed E-state index contributed by atoms with van der Waals surface area (Å²) in [4.78, 5) is 20.8. The van der Waals surface area contributed by atoms with Gasteiger partial charge in [-0.2, -0.15) is 0 Å². The maximum absolute atomic E-state index is 14.0. The molecule has 0 spiro atoms. The first kappa shape index (κ1) is 16.7. The van der Waals surface area contributed by atoms with Gasteiger partial charge in [0.15, 0.2) is 0 Å². The van der Waals surface area contributed by atoms with E-state index in [0.717, 1.165) is 6.07 Å². The zero-order valence-corrected chi connectivity index (χ0v) is 13.6. The summed E-state index contributed by atoms with van der Waals surface area (Å²) in [5.41, 5.74) is 0.785. The number of H-pyrrole nitrogens is 1. The average Bonchev–Trinajstić information content (AvgIpc) is 2.53. The number of nitrogens with zero attached hydrogens (tertiary/aromatic N) is 2. The van der Waals surface area contributed by atoms with Crippen molar-refractivity contribution in [2.75, 3.05) is 19.7 Å². The molecule has 1 saturated heterocycles. The zero-order valence-electron chi connectivity index (χ0n) is 13.6. The van der Waals surface area contributed by atoms with Crippen molar-refractivity contribution in [2.45, 2.75) is 26.0 Å². The van der Waals surface area contributed by atoms with Crippen LogP contribution in [0.15, 0.2) is 29.1 Å². The van der Waals surface area contributed by atoms with Gasteiger partial charge in [0.05, 0.1) is 18.8 Å². The Balaban J connectivity index is 1.81. The minimum atomic E-state index is -0.614. The van der Waals surface area contributed by atoms with Gasteiger partial charge in [-0.05, 0) is 19.9 Å². The first-order valence-electron chi connectivity index (χ1n) is 7.82. The molecule has 1 aliphatic rings. The van der Waals surface area contributed by atoms with E-state index in [2.05, 4.69) is 14.9 Å². The van der Waals surface area contributed by atoms with Gasteiger partial charge in [0, 0.05) is 36.5 Å². The topological polar surface area (TPSA) is 58.2 Å².